The van der Waals surface area contributed by atoms with Crippen LogP contribution in [0.15, 0.2) is 102 Å². The number of carbonyl (C=O) groups is 2. The van der Waals surface area contributed by atoms with Gasteiger partial charge in [-0.3, -0.25) is 4.79 Å². The number of anilines is 1. The van der Waals surface area contributed by atoms with Gasteiger partial charge < -0.3 is 14.6 Å². The molecule has 39 heavy (non-hydrogen) atoms. The van der Waals surface area contributed by atoms with Crippen molar-refractivity contribution in [3.8, 4) is 16.9 Å². The normalized spacial score (nSPS) is 11.1. The highest BCUT2D eigenvalue weighted by atomic mass is 16.5. The molecule has 5 aromatic rings. The van der Waals surface area contributed by atoms with Crippen LogP contribution in [0.5, 0.6) is 5.75 Å². The summed E-state index contributed by atoms with van der Waals surface area (Å²) in [6.07, 6.45) is 1.46. The Morgan fingerprint density at radius 2 is 1.67 bits per heavy atom. The summed E-state index contributed by atoms with van der Waals surface area (Å²) in [6, 6.07) is 30.0. The van der Waals surface area contributed by atoms with Crippen LogP contribution in [0, 0.1) is 6.92 Å². The third-order valence-corrected chi connectivity index (χ3v) is 6.33. The third kappa shape index (κ3) is 5.57. The summed E-state index contributed by atoms with van der Waals surface area (Å²) in [4.78, 5) is 31.3. The fraction of sp³-hybridized carbons (Fsp3) is 0.0938. The van der Waals surface area contributed by atoms with Gasteiger partial charge in [0.1, 0.15) is 11.4 Å². The highest BCUT2D eigenvalue weighted by Gasteiger charge is 2.20. The average molecular weight is 517 g/mol. The molecule has 0 aliphatic rings. The number of para-hydroxylation sites is 1. The van der Waals surface area contributed by atoms with Gasteiger partial charge in [0, 0.05) is 41.8 Å². The van der Waals surface area contributed by atoms with Gasteiger partial charge in [-0.05, 0) is 55.0 Å². The highest BCUT2D eigenvalue weighted by Crippen LogP contribution is 2.34. The summed E-state index contributed by atoms with van der Waals surface area (Å²) in [6.45, 7) is 1.91. The van der Waals surface area contributed by atoms with Crippen molar-refractivity contribution in [2.24, 2.45) is 5.10 Å². The lowest BCUT2D eigenvalue weighted by atomic mass is 10.0. The van der Waals surface area contributed by atoms with Gasteiger partial charge in [0.25, 0.3) is 5.91 Å². The summed E-state index contributed by atoms with van der Waals surface area (Å²) < 4.78 is 5.62. The van der Waals surface area contributed by atoms with E-state index in [1.807, 2.05) is 80.5 Å². The lowest BCUT2D eigenvalue weighted by Gasteiger charge is -2.12. The molecule has 0 saturated heterocycles. The monoisotopic (exact) mass is 516 g/mol. The Bertz CT molecular complexity index is 1690. The topological polar surface area (TPSA) is 86.8 Å². The fourth-order valence-electron chi connectivity index (χ4n) is 4.36. The molecule has 7 heteroatoms. The van der Waals surface area contributed by atoms with Crippen LogP contribution in [0.3, 0.4) is 0 Å². The number of fused-ring (bicyclic) bond motifs is 1. The largest absolute Gasteiger partial charge is 0.422 e. The van der Waals surface area contributed by atoms with Gasteiger partial charge in [0.2, 0.25) is 0 Å². The Kier molecular flexibility index (Phi) is 7.23. The van der Waals surface area contributed by atoms with E-state index >= 15 is 0 Å². The zero-order valence-electron chi connectivity index (χ0n) is 21.9. The molecule has 0 aliphatic heterocycles. The molecule has 2 N–H and O–H groups in total. The van der Waals surface area contributed by atoms with Gasteiger partial charge in [-0.2, -0.15) is 5.10 Å². The number of hydrogen-bond acceptors (Lipinski definition) is 5. The average Bonchev–Trinajstić information content (AvgIpc) is 3.33. The number of H-pyrrole nitrogens is 1. The summed E-state index contributed by atoms with van der Waals surface area (Å²) in [5, 5.41) is 5.12. The van der Waals surface area contributed by atoms with Crippen molar-refractivity contribution in [2.75, 3.05) is 19.0 Å². The predicted molar refractivity (Wildman–Crippen MR) is 156 cm³/mol. The van der Waals surface area contributed by atoms with Crippen molar-refractivity contribution in [1.29, 1.82) is 0 Å². The number of nitrogens with one attached hydrogen (secondary N) is 2. The first kappa shape index (κ1) is 25.5. The molecule has 0 radical (unpaired) electrons. The molecule has 0 aliphatic carbocycles. The maximum Gasteiger partial charge on any atom is 0.343 e. The number of ether oxygens (including phenoxy) is 1. The smallest absolute Gasteiger partial charge is 0.343 e. The molecule has 0 atom stereocenters. The maximum absolute atomic E-state index is 13.3. The Morgan fingerprint density at radius 3 is 2.44 bits per heavy atom. The maximum atomic E-state index is 13.3. The summed E-state index contributed by atoms with van der Waals surface area (Å²) in [5.41, 5.74) is 8.60. The van der Waals surface area contributed by atoms with E-state index in [0.717, 1.165) is 33.3 Å². The number of aromatic nitrogens is 1. The Hall–Kier alpha value is -5.17. The number of hydrazone groups is 1. The molecule has 0 unspecified atom stereocenters. The second-order valence-corrected chi connectivity index (χ2v) is 9.36. The van der Waals surface area contributed by atoms with Crippen LogP contribution in [-0.4, -0.2) is 37.2 Å². The molecular formula is C32H28N4O3. The SMILES string of the molecule is Cc1cccc(C(=O)Oc2ccccc2C=NNC(=O)c2[nH]c3ccc(N(C)C)cc3c2-c2ccccc2)c1. The van der Waals surface area contributed by atoms with E-state index in [-0.39, 0.29) is 5.91 Å². The molecule has 0 spiro atoms. The first-order valence-electron chi connectivity index (χ1n) is 12.5. The lowest BCUT2D eigenvalue weighted by molar-refractivity contribution is 0.0734. The van der Waals surface area contributed by atoms with Crippen LogP contribution in [0.25, 0.3) is 22.0 Å². The second kappa shape index (κ2) is 11.1. The van der Waals surface area contributed by atoms with Crippen LogP contribution in [-0.2, 0) is 0 Å². The van der Waals surface area contributed by atoms with Gasteiger partial charge in [-0.1, -0.05) is 60.2 Å². The zero-order valence-corrected chi connectivity index (χ0v) is 21.9. The van der Waals surface area contributed by atoms with Gasteiger partial charge in [0.05, 0.1) is 11.8 Å². The van der Waals surface area contributed by atoms with Crippen molar-refractivity contribution in [1.82, 2.24) is 10.4 Å². The van der Waals surface area contributed by atoms with E-state index in [2.05, 4.69) is 21.6 Å². The molecule has 1 heterocycles. The van der Waals surface area contributed by atoms with E-state index < -0.39 is 5.97 Å². The Balaban J connectivity index is 1.41. The van der Waals surface area contributed by atoms with E-state index in [4.69, 9.17) is 4.74 Å². The number of aromatic amines is 1. The number of nitrogens with zero attached hydrogens (tertiary/aromatic N) is 2. The number of esters is 1. The lowest BCUT2D eigenvalue weighted by Crippen LogP contribution is -2.19. The molecule has 5 rings (SSSR count). The minimum absolute atomic E-state index is 0.341. The number of aryl methyl sites for hydroxylation is 1. The van der Waals surface area contributed by atoms with Gasteiger partial charge in [-0.25, -0.2) is 10.2 Å². The van der Waals surface area contributed by atoms with Crippen molar-refractivity contribution >= 4 is 34.7 Å². The number of hydrogen-bond donors (Lipinski definition) is 2. The Morgan fingerprint density at radius 1 is 0.897 bits per heavy atom. The first-order chi connectivity index (χ1) is 18.9. The third-order valence-electron chi connectivity index (χ3n) is 6.33. The van der Waals surface area contributed by atoms with Crippen LogP contribution in [0.1, 0.15) is 32.0 Å². The highest BCUT2D eigenvalue weighted by molar-refractivity contribution is 6.10. The summed E-state index contributed by atoms with van der Waals surface area (Å²) in [5.74, 6) is -0.512. The number of amides is 1. The second-order valence-electron chi connectivity index (χ2n) is 9.36. The molecule has 0 fully saturated rings. The Labute approximate surface area is 226 Å². The zero-order chi connectivity index (χ0) is 27.4. The van der Waals surface area contributed by atoms with Gasteiger partial charge in [0.15, 0.2) is 0 Å². The predicted octanol–water partition coefficient (Wildman–Crippen LogP) is 6.19. The van der Waals surface area contributed by atoms with E-state index in [0.29, 0.717) is 22.6 Å². The molecular weight excluding hydrogens is 488 g/mol. The minimum Gasteiger partial charge on any atom is -0.422 e. The fourth-order valence-corrected chi connectivity index (χ4v) is 4.36. The van der Waals surface area contributed by atoms with Crippen molar-refractivity contribution in [2.45, 2.75) is 6.92 Å². The van der Waals surface area contributed by atoms with Crippen molar-refractivity contribution in [3.63, 3.8) is 0 Å². The molecule has 0 bridgehead atoms. The summed E-state index contributed by atoms with van der Waals surface area (Å²) >= 11 is 0. The standard InChI is InChI=1S/C32H28N4O3/c1-21-10-9-14-23(18-21)32(38)39-28-15-8-7-13-24(28)20-33-35-31(37)30-29(22-11-5-4-6-12-22)26-19-25(36(2)3)16-17-27(26)34-30/h4-20,34H,1-3H3,(H,35,37). The van der Waals surface area contributed by atoms with Gasteiger partial charge >= 0.3 is 5.97 Å². The first-order valence-corrected chi connectivity index (χ1v) is 12.5. The number of carbonyl (C=O) groups excluding carboxylic acids is 2. The molecule has 7 nitrogen and oxygen atoms in total. The van der Waals surface area contributed by atoms with Crippen LogP contribution in [0.4, 0.5) is 5.69 Å². The van der Waals surface area contributed by atoms with E-state index in [1.54, 1.807) is 36.4 Å². The molecule has 1 aromatic heterocycles. The number of benzene rings is 4. The molecule has 0 saturated carbocycles. The van der Waals surface area contributed by atoms with Crippen LogP contribution >= 0.6 is 0 Å². The molecule has 4 aromatic carbocycles. The van der Waals surface area contributed by atoms with Crippen LogP contribution in [0.2, 0.25) is 0 Å². The molecule has 194 valence electrons. The number of rotatable bonds is 7. The van der Waals surface area contributed by atoms with Crippen molar-refractivity contribution in [3.05, 3.63) is 119 Å². The summed E-state index contributed by atoms with van der Waals surface area (Å²) in [7, 11) is 3.96. The van der Waals surface area contributed by atoms with Gasteiger partial charge in [-0.15, -0.1) is 0 Å². The molecule has 1 amide bonds. The van der Waals surface area contributed by atoms with Crippen LogP contribution < -0.4 is 15.1 Å². The minimum atomic E-state index is -0.466. The van der Waals surface area contributed by atoms with E-state index in [1.165, 1.54) is 6.21 Å². The van der Waals surface area contributed by atoms with E-state index in [9.17, 15) is 9.59 Å². The quantitative estimate of drug-likeness (QED) is 0.117. The van der Waals surface area contributed by atoms with Crippen molar-refractivity contribution < 1.29 is 14.3 Å².